The number of anilines is 1. The minimum absolute atomic E-state index is 0.198. The average Bonchev–Trinajstić information content (AvgIpc) is 2.94. The number of carbonyl (C=O) groups excluding carboxylic acids is 1. The van der Waals surface area contributed by atoms with Crippen molar-refractivity contribution >= 4 is 27.5 Å². The van der Waals surface area contributed by atoms with Crippen molar-refractivity contribution < 1.29 is 18.0 Å². The van der Waals surface area contributed by atoms with Gasteiger partial charge in [-0.2, -0.15) is 23.4 Å². The summed E-state index contributed by atoms with van der Waals surface area (Å²) >= 11 is 3.30. The predicted octanol–water partition coefficient (Wildman–Crippen LogP) is 2.91. The normalized spacial score (nSPS) is 13.2. The van der Waals surface area contributed by atoms with E-state index in [9.17, 15) is 18.0 Å². The monoisotopic (exact) mass is 379 g/mol. The number of amides is 1. The molecule has 0 aliphatic rings. The molecule has 2 rings (SSSR count). The Bertz CT molecular complexity index is 659. The molecule has 0 aliphatic heterocycles. The molecule has 0 radical (unpaired) electrons. The van der Waals surface area contributed by atoms with Crippen molar-refractivity contribution in [2.45, 2.75) is 32.6 Å². The molecule has 1 N–H and O–H groups in total. The van der Waals surface area contributed by atoms with Crippen molar-refractivity contribution in [3.05, 3.63) is 28.8 Å². The van der Waals surface area contributed by atoms with Crippen LogP contribution in [-0.4, -0.2) is 31.6 Å². The minimum Gasteiger partial charge on any atom is -0.322 e. The maximum absolute atomic E-state index is 12.2. The Morgan fingerprint density at radius 1 is 1.45 bits per heavy atom. The summed E-state index contributed by atoms with van der Waals surface area (Å²) in [5.74, 6) is -0.401. The lowest BCUT2D eigenvalue weighted by Crippen LogP contribution is -2.24. The lowest BCUT2D eigenvalue weighted by molar-refractivity contribution is -0.142. The average molecular weight is 380 g/mol. The quantitative estimate of drug-likeness (QED) is 0.887. The Kier molecular flexibility index (Phi) is 4.59. The molecule has 0 fully saturated rings. The van der Waals surface area contributed by atoms with Crippen LogP contribution in [-0.2, 0) is 11.3 Å². The highest BCUT2D eigenvalue weighted by Crippen LogP contribution is 2.20. The molecule has 2 heterocycles. The van der Waals surface area contributed by atoms with Crippen LogP contribution >= 0.6 is 15.9 Å². The Hall–Kier alpha value is -1.84. The van der Waals surface area contributed by atoms with Crippen LogP contribution in [0.4, 0.5) is 18.9 Å². The molecule has 120 valence electrons. The number of nitrogens with zero attached hydrogens (tertiary/aromatic N) is 4. The highest BCUT2D eigenvalue weighted by Gasteiger charge is 2.28. The Balaban J connectivity index is 2.02. The van der Waals surface area contributed by atoms with E-state index in [1.807, 2.05) is 0 Å². The number of hydrogen-bond donors (Lipinski definition) is 1. The number of alkyl halides is 3. The van der Waals surface area contributed by atoms with Gasteiger partial charge in [0.1, 0.15) is 12.6 Å². The smallest absolute Gasteiger partial charge is 0.322 e. The second kappa shape index (κ2) is 6.11. The molecular formula is C12H13BrF3N5O. The van der Waals surface area contributed by atoms with Gasteiger partial charge in [0, 0.05) is 12.4 Å². The number of nitrogens with one attached hydrogen (secondary N) is 1. The standard InChI is InChI=1S/C12H13BrF3N5O/c1-7-10(13)5-21(19-7)8(2)11(22)18-9-3-17-20(4-9)6-12(14,15)16/h3-5,8H,6H2,1-2H3,(H,18,22)/t8-/m0/s1. The number of aryl methyl sites for hydroxylation is 1. The number of carbonyl (C=O) groups is 1. The summed E-state index contributed by atoms with van der Waals surface area (Å²) in [6.07, 6.45) is -0.408. The second-order valence-corrected chi connectivity index (χ2v) is 5.60. The fraction of sp³-hybridized carbons (Fsp3) is 0.417. The molecule has 10 heteroatoms. The zero-order valence-electron chi connectivity index (χ0n) is 11.7. The van der Waals surface area contributed by atoms with Crippen LogP contribution in [0.2, 0.25) is 0 Å². The minimum atomic E-state index is -4.36. The molecule has 0 saturated heterocycles. The first kappa shape index (κ1) is 16.5. The highest BCUT2D eigenvalue weighted by molar-refractivity contribution is 9.10. The van der Waals surface area contributed by atoms with Crippen LogP contribution in [0.1, 0.15) is 18.7 Å². The molecule has 0 saturated carbocycles. The van der Waals surface area contributed by atoms with Crippen LogP contribution in [0, 0.1) is 6.92 Å². The first-order valence-corrected chi connectivity index (χ1v) is 7.06. The Morgan fingerprint density at radius 3 is 2.68 bits per heavy atom. The molecule has 0 bridgehead atoms. The molecular weight excluding hydrogens is 367 g/mol. The highest BCUT2D eigenvalue weighted by atomic mass is 79.9. The summed E-state index contributed by atoms with van der Waals surface area (Å²) in [4.78, 5) is 12.1. The van der Waals surface area contributed by atoms with Gasteiger partial charge in [0.15, 0.2) is 0 Å². The molecule has 2 aromatic heterocycles. The topological polar surface area (TPSA) is 64.7 Å². The van der Waals surface area contributed by atoms with Crippen molar-refractivity contribution in [1.29, 1.82) is 0 Å². The summed E-state index contributed by atoms with van der Waals surface area (Å²) in [5, 5.41) is 10.2. The van der Waals surface area contributed by atoms with E-state index < -0.39 is 24.7 Å². The van der Waals surface area contributed by atoms with Crippen LogP contribution in [0.5, 0.6) is 0 Å². The van der Waals surface area contributed by atoms with Crippen molar-refractivity contribution in [2.24, 2.45) is 0 Å². The number of rotatable bonds is 4. The molecule has 0 spiro atoms. The van der Waals surface area contributed by atoms with E-state index >= 15 is 0 Å². The second-order valence-electron chi connectivity index (χ2n) is 4.75. The fourth-order valence-corrected chi connectivity index (χ4v) is 2.01. The molecule has 1 atom stereocenters. The van der Waals surface area contributed by atoms with E-state index in [-0.39, 0.29) is 5.69 Å². The van der Waals surface area contributed by atoms with Crippen molar-refractivity contribution in [2.75, 3.05) is 5.32 Å². The summed E-state index contributed by atoms with van der Waals surface area (Å²) in [6, 6.07) is -0.615. The number of halogens is 4. The van der Waals surface area contributed by atoms with Gasteiger partial charge in [-0.3, -0.25) is 14.2 Å². The zero-order chi connectivity index (χ0) is 16.5. The summed E-state index contributed by atoms with van der Waals surface area (Å²) < 4.78 is 39.7. The maximum atomic E-state index is 12.2. The van der Waals surface area contributed by atoms with Gasteiger partial charge in [-0.15, -0.1) is 0 Å². The van der Waals surface area contributed by atoms with Gasteiger partial charge in [-0.1, -0.05) is 0 Å². The van der Waals surface area contributed by atoms with E-state index in [4.69, 9.17) is 0 Å². The summed E-state index contributed by atoms with van der Waals surface area (Å²) in [6.45, 7) is 2.21. The van der Waals surface area contributed by atoms with Crippen LogP contribution in [0.25, 0.3) is 0 Å². The van der Waals surface area contributed by atoms with Gasteiger partial charge in [-0.05, 0) is 29.8 Å². The number of hydrogen-bond acceptors (Lipinski definition) is 3. The molecule has 0 aromatic carbocycles. The van der Waals surface area contributed by atoms with Crippen LogP contribution in [0.3, 0.4) is 0 Å². The van der Waals surface area contributed by atoms with Gasteiger partial charge in [-0.25, -0.2) is 0 Å². The molecule has 22 heavy (non-hydrogen) atoms. The van der Waals surface area contributed by atoms with Crippen LogP contribution in [0.15, 0.2) is 23.1 Å². The van der Waals surface area contributed by atoms with Crippen molar-refractivity contribution in [1.82, 2.24) is 19.6 Å². The lowest BCUT2D eigenvalue weighted by atomic mass is 10.3. The predicted molar refractivity (Wildman–Crippen MR) is 76.3 cm³/mol. The Morgan fingerprint density at radius 2 is 2.14 bits per heavy atom. The van der Waals surface area contributed by atoms with Gasteiger partial charge in [0.2, 0.25) is 5.91 Å². The van der Waals surface area contributed by atoms with E-state index in [0.717, 1.165) is 21.0 Å². The molecule has 6 nitrogen and oxygen atoms in total. The summed E-state index contributed by atoms with van der Waals surface area (Å²) in [7, 11) is 0. The van der Waals surface area contributed by atoms with E-state index in [2.05, 4.69) is 31.4 Å². The van der Waals surface area contributed by atoms with Gasteiger partial charge < -0.3 is 5.32 Å². The van der Waals surface area contributed by atoms with Crippen molar-refractivity contribution in [3.8, 4) is 0 Å². The third kappa shape index (κ3) is 4.09. The first-order valence-electron chi connectivity index (χ1n) is 6.27. The van der Waals surface area contributed by atoms with Gasteiger partial charge in [0.25, 0.3) is 0 Å². The first-order chi connectivity index (χ1) is 10.2. The zero-order valence-corrected chi connectivity index (χ0v) is 13.3. The van der Waals surface area contributed by atoms with Crippen molar-refractivity contribution in [3.63, 3.8) is 0 Å². The van der Waals surface area contributed by atoms with E-state index in [1.165, 1.54) is 10.9 Å². The largest absolute Gasteiger partial charge is 0.408 e. The lowest BCUT2D eigenvalue weighted by Gasteiger charge is -2.11. The number of aromatic nitrogens is 4. The molecule has 1 amide bonds. The van der Waals surface area contributed by atoms with Crippen LogP contribution < -0.4 is 5.32 Å². The molecule has 0 aliphatic carbocycles. The third-order valence-electron chi connectivity index (χ3n) is 2.88. The summed E-state index contributed by atoms with van der Waals surface area (Å²) in [5.41, 5.74) is 0.932. The maximum Gasteiger partial charge on any atom is 0.408 e. The molecule has 2 aromatic rings. The van der Waals surface area contributed by atoms with Gasteiger partial charge in [0.05, 0.1) is 22.1 Å². The Labute approximate surface area is 132 Å². The molecule has 0 unspecified atom stereocenters. The van der Waals surface area contributed by atoms with Gasteiger partial charge >= 0.3 is 6.18 Å². The third-order valence-corrected chi connectivity index (χ3v) is 3.65. The van der Waals surface area contributed by atoms with E-state index in [0.29, 0.717) is 0 Å². The van der Waals surface area contributed by atoms with E-state index in [1.54, 1.807) is 20.0 Å². The SMILES string of the molecule is Cc1nn([C@@H](C)C(=O)Nc2cnn(CC(F)(F)F)c2)cc1Br. The fourth-order valence-electron chi connectivity index (χ4n) is 1.72.